The molecule has 108 valence electrons. The summed E-state index contributed by atoms with van der Waals surface area (Å²) in [6.45, 7) is 2.18. The van der Waals surface area contributed by atoms with Crippen molar-refractivity contribution in [3.05, 3.63) is 58.0 Å². The molecule has 0 radical (unpaired) electrons. The van der Waals surface area contributed by atoms with Crippen LogP contribution in [0.15, 0.2) is 42.7 Å². The number of hydrazine groups is 1. The Kier molecular flexibility index (Phi) is 4.24. The summed E-state index contributed by atoms with van der Waals surface area (Å²) in [5.41, 5.74) is 5.86. The molecule has 4 nitrogen and oxygen atoms in total. The molecule has 0 aliphatic rings. The number of rotatable bonds is 5. The van der Waals surface area contributed by atoms with Gasteiger partial charge in [0.05, 0.1) is 17.1 Å². The van der Waals surface area contributed by atoms with Crippen LogP contribution in [-0.2, 0) is 12.8 Å². The third-order valence-corrected chi connectivity index (χ3v) is 4.82. The Morgan fingerprint density at radius 2 is 1.86 bits per heavy atom. The lowest BCUT2D eigenvalue weighted by Gasteiger charge is -2.15. The van der Waals surface area contributed by atoms with E-state index >= 15 is 0 Å². The summed E-state index contributed by atoms with van der Waals surface area (Å²) < 4.78 is 0. The lowest BCUT2D eigenvalue weighted by Crippen LogP contribution is -2.29. The zero-order valence-corrected chi connectivity index (χ0v) is 12.7. The van der Waals surface area contributed by atoms with Gasteiger partial charge in [0, 0.05) is 28.6 Å². The Balaban J connectivity index is 1.86. The Morgan fingerprint density at radius 1 is 1.10 bits per heavy atom. The molecule has 0 bridgehead atoms. The lowest BCUT2D eigenvalue weighted by molar-refractivity contribution is 0.556. The monoisotopic (exact) mass is 298 g/mol. The van der Waals surface area contributed by atoms with Gasteiger partial charge in [0.15, 0.2) is 0 Å². The first-order valence-electron chi connectivity index (χ1n) is 7.04. The van der Waals surface area contributed by atoms with E-state index in [1.807, 2.05) is 17.4 Å². The summed E-state index contributed by atoms with van der Waals surface area (Å²) in [5.74, 6) is 5.75. The number of nitrogens with zero attached hydrogens (tertiary/aromatic N) is 2. The van der Waals surface area contributed by atoms with Gasteiger partial charge in [0.25, 0.3) is 0 Å². The second-order valence-corrected chi connectivity index (χ2v) is 6.20. The molecule has 0 aliphatic heterocycles. The number of nitrogens with two attached hydrogens (primary N) is 1. The molecule has 21 heavy (non-hydrogen) atoms. The van der Waals surface area contributed by atoms with Gasteiger partial charge in [-0.3, -0.25) is 21.2 Å². The van der Waals surface area contributed by atoms with Crippen LogP contribution in [0.3, 0.4) is 0 Å². The smallest absolute Gasteiger partial charge is 0.0890 e. The Labute approximate surface area is 128 Å². The molecule has 5 heteroatoms. The van der Waals surface area contributed by atoms with Crippen LogP contribution in [-0.4, -0.2) is 9.97 Å². The highest BCUT2D eigenvalue weighted by molar-refractivity contribution is 7.11. The van der Waals surface area contributed by atoms with Crippen molar-refractivity contribution in [3.8, 4) is 0 Å². The molecule has 1 aromatic carbocycles. The summed E-state index contributed by atoms with van der Waals surface area (Å²) in [6.07, 6.45) is 5.38. The van der Waals surface area contributed by atoms with E-state index in [4.69, 9.17) is 5.84 Å². The molecule has 0 spiro atoms. The zero-order chi connectivity index (χ0) is 14.7. The maximum absolute atomic E-state index is 5.75. The molecule has 0 aliphatic carbocycles. The average Bonchev–Trinajstić information content (AvgIpc) is 3.00. The minimum Gasteiger partial charge on any atom is -0.271 e. The van der Waals surface area contributed by atoms with Crippen molar-refractivity contribution < 1.29 is 0 Å². The van der Waals surface area contributed by atoms with Crippen LogP contribution >= 0.6 is 11.3 Å². The topological polar surface area (TPSA) is 63.8 Å². The van der Waals surface area contributed by atoms with Crippen LogP contribution in [0.5, 0.6) is 0 Å². The van der Waals surface area contributed by atoms with Crippen molar-refractivity contribution >= 4 is 22.4 Å². The summed E-state index contributed by atoms with van der Waals surface area (Å²) in [7, 11) is 0. The molecule has 1 atom stereocenters. The molecular formula is C16H18N4S. The van der Waals surface area contributed by atoms with Crippen molar-refractivity contribution in [2.24, 2.45) is 5.84 Å². The molecule has 3 aromatic rings. The van der Waals surface area contributed by atoms with Gasteiger partial charge in [-0.15, -0.1) is 11.3 Å². The highest BCUT2D eigenvalue weighted by Crippen LogP contribution is 2.25. The number of fused-ring (bicyclic) bond motifs is 1. The van der Waals surface area contributed by atoms with Gasteiger partial charge in [-0.05, 0) is 36.2 Å². The molecule has 1 unspecified atom stereocenters. The average molecular weight is 298 g/mol. The fourth-order valence-corrected chi connectivity index (χ4v) is 3.40. The number of thiophene rings is 1. The van der Waals surface area contributed by atoms with E-state index in [-0.39, 0.29) is 6.04 Å². The van der Waals surface area contributed by atoms with Crippen molar-refractivity contribution in [3.63, 3.8) is 0 Å². The second-order valence-electron chi connectivity index (χ2n) is 4.95. The van der Waals surface area contributed by atoms with Crippen LogP contribution in [0.4, 0.5) is 0 Å². The predicted octanol–water partition coefficient (Wildman–Crippen LogP) is 3.00. The third kappa shape index (κ3) is 3.10. The zero-order valence-electron chi connectivity index (χ0n) is 11.9. The van der Waals surface area contributed by atoms with Gasteiger partial charge in [0.2, 0.25) is 0 Å². The van der Waals surface area contributed by atoms with Gasteiger partial charge in [-0.25, -0.2) is 0 Å². The van der Waals surface area contributed by atoms with Crippen molar-refractivity contribution in [2.45, 2.75) is 25.8 Å². The minimum absolute atomic E-state index is 0.0831. The molecule has 0 saturated heterocycles. The van der Waals surface area contributed by atoms with Crippen LogP contribution in [0.25, 0.3) is 11.0 Å². The maximum atomic E-state index is 5.75. The molecular weight excluding hydrogens is 280 g/mol. The normalized spacial score (nSPS) is 12.7. The standard InChI is InChI=1S/C16H18N4S/c1-2-12-4-5-13(21-12)10-15(20-17)11-3-6-14-16(9-11)19-8-7-18-14/h3-9,15,20H,2,10,17H2,1H3. The summed E-state index contributed by atoms with van der Waals surface area (Å²) in [4.78, 5) is 11.4. The van der Waals surface area contributed by atoms with E-state index in [1.54, 1.807) is 12.4 Å². The molecule has 0 amide bonds. The van der Waals surface area contributed by atoms with Crippen molar-refractivity contribution in [1.29, 1.82) is 0 Å². The van der Waals surface area contributed by atoms with Gasteiger partial charge < -0.3 is 0 Å². The summed E-state index contributed by atoms with van der Waals surface area (Å²) >= 11 is 1.85. The first-order valence-corrected chi connectivity index (χ1v) is 7.86. The summed E-state index contributed by atoms with van der Waals surface area (Å²) in [6, 6.07) is 10.6. The van der Waals surface area contributed by atoms with Crippen LogP contribution in [0.2, 0.25) is 0 Å². The first-order chi connectivity index (χ1) is 10.3. The lowest BCUT2D eigenvalue weighted by atomic mass is 10.0. The van der Waals surface area contributed by atoms with Crippen LogP contribution in [0.1, 0.15) is 28.3 Å². The van der Waals surface area contributed by atoms with Gasteiger partial charge >= 0.3 is 0 Å². The molecule has 2 aromatic heterocycles. The van der Waals surface area contributed by atoms with Gasteiger partial charge in [0.1, 0.15) is 0 Å². The van der Waals surface area contributed by atoms with E-state index in [0.29, 0.717) is 0 Å². The minimum atomic E-state index is 0.0831. The number of benzene rings is 1. The molecule has 2 heterocycles. The molecule has 0 fully saturated rings. The van der Waals surface area contributed by atoms with Crippen molar-refractivity contribution in [2.75, 3.05) is 0 Å². The Morgan fingerprint density at radius 3 is 2.57 bits per heavy atom. The fourth-order valence-electron chi connectivity index (χ4n) is 2.39. The number of aromatic nitrogens is 2. The quantitative estimate of drug-likeness (QED) is 0.561. The third-order valence-electron chi connectivity index (χ3n) is 3.57. The largest absolute Gasteiger partial charge is 0.271 e. The first kappa shape index (κ1) is 14.1. The number of hydrogen-bond donors (Lipinski definition) is 2. The van der Waals surface area contributed by atoms with Crippen molar-refractivity contribution in [1.82, 2.24) is 15.4 Å². The molecule has 3 N–H and O–H groups in total. The van der Waals surface area contributed by atoms with Crippen LogP contribution in [0, 0.1) is 0 Å². The van der Waals surface area contributed by atoms with E-state index < -0.39 is 0 Å². The Bertz CT molecular complexity index is 738. The van der Waals surface area contributed by atoms with Gasteiger partial charge in [-0.2, -0.15) is 0 Å². The molecule has 0 saturated carbocycles. The summed E-state index contributed by atoms with van der Waals surface area (Å²) in [5, 5.41) is 0. The SMILES string of the molecule is CCc1ccc(CC(NN)c2ccc3nccnc3c2)s1. The van der Waals surface area contributed by atoms with E-state index in [1.165, 1.54) is 9.75 Å². The second kappa shape index (κ2) is 6.30. The maximum Gasteiger partial charge on any atom is 0.0890 e. The number of aryl methyl sites for hydroxylation is 1. The number of hydrogen-bond acceptors (Lipinski definition) is 5. The van der Waals surface area contributed by atoms with E-state index in [9.17, 15) is 0 Å². The highest BCUT2D eigenvalue weighted by atomic mass is 32.1. The Hall–Kier alpha value is -1.82. The van der Waals surface area contributed by atoms with E-state index in [2.05, 4.69) is 46.6 Å². The highest BCUT2D eigenvalue weighted by Gasteiger charge is 2.13. The van der Waals surface area contributed by atoms with Crippen LogP contribution < -0.4 is 11.3 Å². The van der Waals surface area contributed by atoms with Gasteiger partial charge in [-0.1, -0.05) is 13.0 Å². The van der Waals surface area contributed by atoms with E-state index in [0.717, 1.165) is 29.4 Å². The fraction of sp³-hybridized carbons (Fsp3) is 0.250. The predicted molar refractivity (Wildman–Crippen MR) is 87.0 cm³/mol. The molecule has 3 rings (SSSR count). The number of nitrogens with one attached hydrogen (secondary N) is 1.